The van der Waals surface area contributed by atoms with Gasteiger partial charge in [-0.05, 0) is 57.9 Å². The van der Waals surface area contributed by atoms with Crippen LogP contribution in [0.1, 0.15) is 50.4 Å². The maximum Gasteiger partial charge on any atom is 0.338 e. The van der Waals surface area contributed by atoms with Crippen LogP contribution in [0.4, 0.5) is 4.39 Å². The van der Waals surface area contributed by atoms with Crippen molar-refractivity contribution < 1.29 is 26.3 Å². The molecule has 0 aromatic heterocycles. The van der Waals surface area contributed by atoms with E-state index < -0.39 is 0 Å². The highest BCUT2D eigenvalue weighted by molar-refractivity contribution is 5.89. The van der Waals surface area contributed by atoms with Crippen molar-refractivity contribution in [2.45, 2.75) is 58.2 Å². The first kappa shape index (κ1) is 18.9. The fourth-order valence-corrected chi connectivity index (χ4v) is 3.01. The van der Waals surface area contributed by atoms with Crippen molar-refractivity contribution in [3.63, 3.8) is 0 Å². The molecular weight excluding hydrogens is 305 g/mol. The van der Waals surface area contributed by atoms with Crippen LogP contribution in [0.5, 0.6) is 0 Å². The molecule has 1 heterocycles. The van der Waals surface area contributed by atoms with Crippen molar-refractivity contribution in [3.8, 4) is 0 Å². The number of rotatable bonds is 4. The Bertz CT molecular complexity index is 470. The number of benzene rings is 1. The van der Waals surface area contributed by atoms with Crippen molar-refractivity contribution in [1.29, 1.82) is 0 Å². The number of nitrogens with zero attached hydrogens (tertiary/aromatic N) is 1. The summed E-state index contributed by atoms with van der Waals surface area (Å²) >= 11 is 0. The molecule has 1 fully saturated rings. The molecule has 124 valence electrons. The molecule has 0 aliphatic carbocycles. The van der Waals surface area contributed by atoms with Crippen LogP contribution in [0.3, 0.4) is 0 Å². The van der Waals surface area contributed by atoms with E-state index in [0.29, 0.717) is 17.6 Å². The lowest BCUT2D eigenvalue weighted by Crippen LogP contribution is -3.00. The SMILES string of the molecule is CC(CN1C(C)CCCC1C)OC(=O)c1ccc(F)cc1.[Cl-]. The number of esters is 1. The van der Waals surface area contributed by atoms with Gasteiger partial charge in [0.15, 0.2) is 0 Å². The summed E-state index contributed by atoms with van der Waals surface area (Å²) < 4.78 is 18.3. The van der Waals surface area contributed by atoms with Gasteiger partial charge in [0.1, 0.15) is 11.9 Å². The second kappa shape index (κ2) is 8.49. The van der Waals surface area contributed by atoms with Gasteiger partial charge in [0.2, 0.25) is 0 Å². The smallest absolute Gasteiger partial charge is 0.338 e. The molecule has 0 saturated carbocycles. The largest absolute Gasteiger partial charge is 1.00 e. The van der Waals surface area contributed by atoms with Crippen molar-refractivity contribution in [3.05, 3.63) is 35.6 Å². The van der Waals surface area contributed by atoms with Gasteiger partial charge >= 0.3 is 5.97 Å². The van der Waals surface area contributed by atoms with E-state index in [1.54, 1.807) is 0 Å². The summed E-state index contributed by atoms with van der Waals surface area (Å²) in [7, 11) is 0. The molecule has 5 heteroatoms. The zero-order valence-electron chi connectivity index (χ0n) is 13.4. The molecule has 2 rings (SSSR count). The molecule has 22 heavy (non-hydrogen) atoms. The molecule has 1 aromatic rings. The molecular formula is C17H24ClFNO2-. The van der Waals surface area contributed by atoms with Gasteiger partial charge in [-0.2, -0.15) is 0 Å². The van der Waals surface area contributed by atoms with E-state index >= 15 is 0 Å². The number of piperidine rings is 1. The third-order valence-electron chi connectivity index (χ3n) is 4.23. The zero-order valence-corrected chi connectivity index (χ0v) is 14.1. The molecule has 1 aromatic carbocycles. The Kier molecular flexibility index (Phi) is 7.30. The number of halogens is 2. The highest BCUT2D eigenvalue weighted by Gasteiger charge is 2.26. The first-order valence-corrected chi connectivity index (χ1v) is 7.69. The Hall–Kier alpha value is -1.13. The minimum Gasteiger partial charge on any atom is -1.00 e. The van der Waals surface area contributed by atoms with E-state index in [4.69, 9.17) is 4.74 Å². The van der Waals surface area contributed by atoms with Gasteiger partial charge in [-0.1, -0.05) is 6.42 Å². The summed E-state index contributed by atoms with van der Waals surface area (Å²) in [6, 6.07) is 6.51. The van der Waals surface area contributed by atoms with Crippen molar-refractivity contribution >= 4 is 5.97 Å². The van der Waals surface area contributed by atoms with Crippen LogP contribution in [0.25, 0.3) is 0 Å². The monoisotopic (exact) mass is 328 g/mol. The third kappa shape index (κ3) is 4.96. The maximum absolute atomic E-state index is 12.8. The summed E-state index contributed by atoms with van der Waals surface area (Å²) in [4.78, 5) is 14.4. The van der Waals surface area contributed by atoms with E-state index in [1.807, 2.05) is 6.92 Å². The van der Waals surface area contributed by atoms with Crippen LogP contribution >= 0.6 is 0 Å². The van der Waals surface area contributed by atoms with Crippen LogP contribution in [-0.4, -0.2) is 35.6 Å². The molecule has 3 atom stereocenters. The average Bonchev–Trinajstić information content (AvgIpc) is 2.43. The highest BCUT2D eigenvalue weighted by atomic mass is 35.5. The van der Waals surface area contributed by atoms with Crippen molar-refractivity contribution in [2.24, 2.45) is 0 Å². The van der Waals surface area contributed by atoms with Gasteiger partial charge in [0.05, 0.1) is 5.56 Å². The van der Waals surface area contributed by atoms with Gasteiger partial charge in [-0.3, -0.25) is 4.90 Å². The molecule has 1 aliphatic rings. The topological polar surface area (TPSA) is 29.5 Å². The van der Waals surface area contributed by atoms with E-state index in [2.05, 4.69) is 18.7 Å². The fraction of sp³-hybridized carbons (Fsp3) is 0.588. The molecule has 1 aliphatic heterocycles. The molecule has 0 radical (unpaired) electrons. The second-order valence-corrected chi connectivity index (χ2v) is 6.05. The molecule has 0 N–H and O–H groups in total. The lowest BCUT2D eigenvalue weighted by atomic mass is 9.97. The van der Waals surface area contributed by atoms with E-state index in [9.17, 15) is 9.18 Å². The summed E-state index contributed by atoms with van der Waals surface area (Å²) in [5, 5.41) is 0. The summed E-state index contributed by atoms with van der Waals surface area (Å²) in [6.07, 6.45) is 3.49. The van der Waals surface area contributed by atoms with Crippen LogP contribution < -0.4 is 12.4 Å². The minimum absolute atomic E-state index is 0. The molecule has 0 amide bonds. The number of likely N-dealkylation sites (tertiary alicyclic amines) is 1. The first-order chi connectivity index (χ1) is 9.97. The number of carbonyl (C=O) groups excluding carboxylic acids is 1. The van der Waals surface area contributed by atoms with Crippen LogP contribution in [0.2, 0.25) is 0 Å². The summed E-state index contributed by atoms with van der Waals surface area (Å²) in [5.41, 5.74) is 0.392. The highest BCUT2D eigenvalue weighted by Crippen LogP contribution is 2.23. The Morgan fingerprint density at radius 3 is 2.36 bits per heavy atom. The standard InChI is InChI=1S/C17H24FNO2.ClH/c1-12-5-4-6-13(2)19(12)11-14(3)21-17(20)15-7-9-16(18)10-8-15;/h7-10,12-14H,4-6,11H2,1-3H3;1H/p-1. The quantitative estimate of drug-likeness (QED) is 0.760. The average molecular weight is 329 g/mol. The second-order valence-electron chi connectivity index (χ2n) is 6.05. The Labute approximate surface area is 138 Å². The molecule has 3 unspecified atom stereocenters. The maximum atomic E-state index is 12.8. The molecule has 1 saturated heterocycles. The third-order valence-corrected chi connectivity index (χ3v) is 4.23. The number of hydrogen-bond donors (Lipinski definition) is 0. The van der Waals surface area contributed by atoms with Gasteiger partial charge in [-0.25, -0.2) is 9.18 Å². The molecule has 0 bridgehead atoms. The van der Waals surface area contributed by atoms with Crippen LogP contribution in [-0.2, 0) is 4.74 Å². The predicted octanol–water partition coefficient (Wildman–Crippen LogP) is 0.638. The van der Waals surface area contributed by atoms with Gasteiger partial charge < -0.3 is 17.1 Å². The Morgan fingerprint density at radius 2 is 1.82 bits per heavy atom. The van der Waals surface area contributed by atoms with Gasteiger partial charge in [0, 0.05) is 18.6 Å². The normalized spacial score (nSPS) is 23.5. The summed E-state index contributed by atoms with van der Waals surface area (Å²) in [6.45, 7) is 7.11. The van der Waals surface area contributed by atoms with Crippen molar-refractivity contribution in [1.82, 2.24) is 4.90 Å². The molecule has 0 spiro atoms. The fourth-order valence-electron chi connectivity index (χ4n) is 3.01. The van der Waals surface area contributed by atoms with E-state index in [1.165, 1.54) is 43.5 Å². The number of ether oxygens (including phenoxy) is 1. The summed E-state index contributed by atoms with van der Waals surface area (Å²) in [5.74, 6) is -0.740. The van der Waals surface area contributed by atoms with E-state index in [0.717, 1.165) is 6.54 Å². The first-order valence-electron chi connectivity index (χ1n) is 7.69. The number of hydrogen-bond acceptors (Lipinski definition) is 3. The number of carbonyl (C=O) groups is 1. The lowest BCUT2D eigenvalue weighted by Gasteiger charge is -2.40. The van der Waals surface area contributed by atoms with Gasteiger partial charge in [0.25, 0.3) is 0 Å². The zero-order chi connectivity index (χ0) is 15.4. The lowest BCUT2D eigenvalue weighted by molar-refractivity contribution is -0.0000743. The predicted molar refractivity (Wildman–Crippen MR) is 80.8 cm³/mol. The minimum atomic E-state index is -0.389. The van der Waals surface area contributed by atoms with E-state index in [-0.39, 0.29) is 30.3 Å². The van der Waals surface area contributed by atoms with Crippen molar-refractivity contribution in [2.75, 3.05) is 6.54 Å². The Balaban J connectivity index is 0.00000242. The van der Waals surface area contributed by atoms with Crippen LogP contribution in [0.15, 0.2) is 24.3 Å². The Morgan fingerprint density at radius 1 is 1.27 bits per heavy atom. The van der Waals surface area contributed by atoms with Gasteiger partial charge in [-0.15, -0.1) is 0 Å². The molecule has 3 nitrogen and oxygen atoms in total. The van der Waals surface area contributed by atoms with Crippen LogP contribution in [0, 0.1) is 5.82 Å².